The van der Waals surface area contributed by atoms with Gasteiger partial charge < -0.3 is 5.11 Å². The van der Waals surface area contributed by atoms with Crippen LogP contribution in [0.1, 0.15) is 23.3 Å². The Kier molecular flexibility index (Phi) is 5.69. The molecule has 1 fully saturated rings. The van der Waals surface area contributed by atoms with Crippen LogP contribution in [0.4, 0.5) is 0 Å². The summed E-state index contributed by atoms with van der Waals surface area (Å²) in [5.74, 6) is -0.274. The Hall–Kier alpha value is -2.42. The summed E-state index contributed by atoms with van der Waals surface area (Å²) in [4.78, 5) is 0. The van der Waals surface area contributed by atoms with Crippen LogP contribution in [0.5, 0.6) is 0 Å². The minimum atomic E-state index is -3.03. The molecule has 0 amide bonds. The van der Waals surface area contributed by atoms with E-state index in [0.29, 0.717) is 5.02 Å². The molecule has 3 aromatic carbocycles. The number of rotatable bonds is 4. The van der Waals surface area contributed by atoms with Gasteiger partial charge in [0.05, 0.1) is 12.1 Å². The number of benzene rings is 3. The van der Waals surface area contributed by atoms with Crippen molar-refractivity contribution < 1.29 is 9.67 Å². The lowest BCUT2D eigenvalue weighted by atomic mass is 9.84. The number of fused-ring (bicyclic) bond motifs is 1. The van der Waals surface area contributed by atoms with Gasteiger partial charge in [0.15, 0.2) is 0 Å². The molecule has 2 aliphatic rings. The Balaban J connectivity index is 1.61. The van der Waals surface area contributed by atoms with E-state index in [4.69, 9.17) is 11.6 Å². The molecule has 5 heteroatoms. The first-order valence-corrected chi connectivity index (χ1v) is 12.8. The van der Waals surface area contributed by atoms with Crippen molar-refractivity contribution in [2.75, 3.05) is 7.05 Å². The van der Waals surface area contributed by atoms with Crippen molar-refractivity contribution in [2.45, 2.75) is 12.1 Å². The Labute approximate surface area is 194 Å². The predicted molar refractivity (Wildman–Crippen MR) is 131 cm³/mol. The third-order valence-corrected chi connectivity index (χ3v) is 10.1. The molecule has 0 bridgehead atoms. The molecule has 3 nitrogen and oxygen atoms in total. The Bertz CT molecular complexity index is 1210. The van der Waals surface area contributed by atoms with Gasteiger partial charge in [-0.1, -0.05) is 90.5 Å². The SMILES string of the molecule is CN1[C@H](c2ccccc2)[C@H]2C=C[C@@H]([C@@H](O)c3ccc(Cl)cc3)C=C2[P@]1(=O)c1ccccc1. The maximum absolute atomic E-state index is 14.8. The van der Waals surface area contributed by atoms with Gasteiger partial charge in [0.1, 0.15) is 0 Å². The molecule has 5 atom stereocenters. The molecule has 5 rings (SSSR count). The van der Waals surface area contributed by atoms with Gasteiger partial charge >= 0.3 is 0 Å². The lowest BCUT2D eigenvalue weighted by molar-refractivity contribution is 0.149. The average Bonchev–Trinajstić information content (AvgIpc) is 3.07. The van der Waals surface area contributed by atoms with E-state index in [1.807, 2.05) is 73.8 Å². The van der Waals surface area contributed by atoms with Gasteiger partial charge in [-0.25, -0.2) is 4.67 Å². The molecule has 0 saturated carbocycles. The number of nitrogens with zero attached hydrogens (tertiary/aromatic N) is 1. The van der Waals surface area contributed by atoms with E-state index in [0.717, 1.165) is 21.7 Å². The Morgan fingerprint density at radius 1 is 0.906 bits per heavy atom. The first-order valence-electron chi connectivity index (χ1n) is 10.8. The summed E-state index contributed by atoms with van der Waals surface area (Å²) >= 11 is 6.02. The van der Waals surface area contributed by atoms with Crippen LogP contribution in [0, 0.1) is 11.8 Å². The molecule has 1 saturated heterocycles. The molecule has 1 aliphatic carbocycles. The van der Waals surface area contributed by atoms with Crippen molar-refractivity contribution in [1.82, 2.24) is 4.67 Å². The highest BCUT2D eigenvalue weighted by Gasteiger charge is 2.52. The second-order valence-electron chi connectivity index (χ2n) is 8.42. The number of hydrogen-bond donors (Lipinski definition) is 1. The average molecular weight is 462 g/mol. The van der Waals surface area contributed by atoms with Crippen molar-refractivity contribution in [3.05, 3.63) is 125 Å². The molecular formula is C27H25ClNO2P. The van der Waals surface area contributed by atoms with Crippen LogP contribution in [0.25, 0.3) is 0 Å². The zero-order chi connectivity index (χ0) is 22.3. The van der Waals surface area contributed by atoms with Crippen LogP contribution in [0.15, 0.2) is 108 Å². The standard InChI is InChI=1S/C27H25ClNO2P/c1-29-26(19-8-4-2-5-9-19)24-17-14-21(27(30)20-12-15-22(28)16-13-20)18-25(24)32(29,31)23-10-6-3-7-11-23/h2-18,21,24,26-27,30H,1H3/t21-,24+,26-,27+,32-/m1/s1. The number of halogens is 1. The van der Waals surface area contributed by atoms with Crippen molar-refractivity contribution >= 4 is 24.2 Å². The van der Waals surface area contributed by atoms with Crippen LogP contribution in [0.3, 0.4) is 0 Å². The summed E-state index contributed by atoms with van der Waals surface area (Å²) in [7, 11) is -1.07. The summed E-state index contributed by atoms with van der Waals surface area (Å²) in [5, 5.41) is 13.5. The lowest BCUT2D eigenvalue weighted by Gasteiger charge is -2.27. The number of aliphatic hydroxyl groups excluding tert-OH is 1. The smallest absolute Gasteiger partial charge is 0.203 e. The van der Waals surface area contributed by atoms with Crippen LogP contribution in [0.2, 0.25) is 5.02 Å². The van der Waals surface area contributed by atoms with Crippen molar-refractivity contribution in [1.29, 1.82) is 0 Å². The molecule has 1 aliphatic heterocycles. The first-order chi connectivity index (χ1) is 15.5. The van der Waals surface area contributed by atoms with E-state index in [9.17, 15) is 9.67 Å². The zero-order valence-corrected chi connectivity index (χ0v) is 19.4. The summed E-state index contributed by atoms with van der Waals surface area (Å²) in [6.45, 7) is 0. The lowest BCUT2D eigenvalue weighted by Crippen LogP contribution is -2.22. The van der Waals surface area contributed by atoms with E-state index in [2.05, 4.69) is 29.0 Å². The van der Waals surface area contributed by atoms with E-state index >= 15 is 0 Å². The van der Waals surface area contributed by atoms with Gasteiger partial charge in [-0.3, -0.25) is 4.57 Å². The fourth-order valence-electron chi connectivity index (χ4n) is 4.98. The summed E-state index contributed by atoms with van der Waals surface area (Å²) in [6, 6.07) is 27.2. The van der Waals surface area contributed by atoms with E-state index < -0.39 is 13.4 Å². The molecule has 162 valence electrons. The Morgan fingerprint density at radius 2 is 1.53 bits per heavy atom. The van der Waals surface area contributed by atoms with Crippen LogP contribution in [-0.2, 0) is 4.57 Å². The second-order valence-corrected chi connectivity index (χ2v) is 11.7. The number of aliphatic hydroxyl groups is 1. The largest absolute Gasteiger partial charge is 0.387 e. The summed E-state index contributed by atoms with van der Waals surface area (Å²) in [5.41, 5.74) is 1.93. The monoisotopic (exact) mass is 461 g/mol. The number of hydrogen-bond acceptors (Lipinski definition) is 2. The molecule has 0 unspecified atom stereocenters. The summed E-state index contributed by atoms with van der Waals surface area (Å²) < 4.78 is 16.8. The fourth-order valence-corrected chi connectivity index (χ4v) is 8.35. The zero-order valence-electron chi connectivity index (χ0n) is 17.8. The first kappa shape index (κ1) is 21.4. The highest BCUT2D eigenvalue weighted by Crippen LogP contribution is 2.70. The normalized spacial score (nSPS) is 28.2. The fraction of sp³-hybridized carbons (Fsp3) is 0.185. The van der Waals surface area contributed by atoms with Gasteiger partial charge in [0.25, 0.3) is 0 Å². The van der Waals surface area contributed by atoms with Gasteiger partial charge in [0, 0.05) is 27.5 Å². The van der Waals surface area contributed by atoms with Crippen LogP contribution >= 0.6 is 18.9 Å². The van der Waals surface area contributed by atoms with E-state index in [1.54, 1.807) is 12.1 Å². The molecule has 1 heterocycles. The van der Waals surface area contributed by atoms with Gasteiger partial charge in [-0.05, 0) is 42.4 Å². The van der Waals surface area contributed by atoms with Gasteiger partial charge in [-0.2, -0.15) is 0 Å². The second kappa shape index (κ2) is 8.50. The van der Waals surface area contributed by atoms with Crippen LogP contribution < -0.4 is 5.30 Å². The van der Waals surface area contributed by atoms with Crippen LogP contribution in [-0.4, -0.2) is 16.8 Å². The third kappa shape index (κ3) is 3.50. The summed E-state index contributed by atoms with van der Waals surface area (Å²) in [6.07, 6.45) is 5.49. The topological polar surface area (TPSA) is 40.5 Å². The Morgan fingerprint density at radius 3 is 2.19 bits per heavy atom. The van der Waals surface area contributed by atoms with Crippen molar-refractivity contribution in [3.63, 3.8) is 0 Å². The quantitative estimate of drug-likeness (QED) is 0.363. The molecule has 32 heavy (non-hydrogen) atoms. The molecule has 1 N–H and O–H groups in total. The molecule has 0 radical (unpaired) electrons. The third-order valence-electron chi connectivity index (χ3n) is 6.61. The maximum atomic E-state index is 14.8. The highest BCUT2D eigenvalue weighted by atomic mass is 35.5. The molecule has 0 aromatic heterocycles. The molecule has 0 spiro atoms. The highest BCUT2D eigenvalue weighted by molar-refractivity contribution is 7.73. The van der Waals surface area contributed by atoms with Crippen molar-refractivity contribution in [3.8, 4) is 0 Å². The minimum Gasteiger partial charge on any atom is -0.387 e. The molecule has 3 aromatic rings. The minimum absolute atomic E-state index is 0.0119. The predicted octanol–water partition coefficient (Wildman–Crippen LogP) is 6.35. The maximum Gasteiger partial charge on any atom is 0.203 e. The van der Waals surface area contributed by atoms with Gasteiger partial charge in [0.2, 0.25) is 7.29 Å². The molecular weight excluding hydrogens is 437 g/mol. The van der Waals surface area contributed by atoms with Gasteiger partial charge in [-0.15, -0.1) is 0 Å². The van der Waals surface area contributed by atoms with E-state index in [1.165, 1.54) is 0 Å². The van der Waals surface area contributed by atoms with E-state index in [-0.39, 0.29) is 17.9 Å². The van der Waals surface area contributed by atoms with Crippen molar-refractivity contribution in [2.24, 2.45) is 11.8 Å².